The van der Waals surface area contributed by atoms with E-state index in [0.717, 1.165) is 11.1 Å². The van der Waals surface area contributed by atoms with Crippen molar-refractivity contribution in [3.8, 4) is 0 Å². The third kappa shape index (κ3) is 1.86. The fraction of sp³-hybridized carbons (Fsp3) is 0.286. The molecule has 0 aliphatic heterocycles. The molecule has 54 valence electrons. The Labute approximate surface area is 70.0 Å². The number of aromatic nitrogens is 1. The second-order valence-electron chi connectivity index (χ2n) is 1.97. The summed E-state index contributed by atoms with van der Waals surface area (Å²) in [6, 6.07) is 1.95. The minimum absolute atomic E-state index is 0.498. The van der Waals surface area contributed by atoms with Crippen molar-refractivity contribution in [1.82, 2.24) is 4.98 Å². The Morgan fingerprint density at radius 1 is 1.10 bits per heavy atom. The van der Waals surface area contributed by atoms with Gasteiger partial charge in [0, 0.05) is 24.2 Å². The first-order chi connectivity index (χ1) is 4.86. The number of hydrogen-bond donors (Lipinski definition) is 0. The molecule has 0 spiro atoms. The van der Waals surface area contributed by atoms with E-state index in [1.165, 1.54) is 0 Å². The van der Waals surface area contributed by atoms with Crippen LogP contribution in [0.25, 0.3) is 0 Å². The van der Waals surface area contributed by atoms with Gasteiger partial charge in [-0.25, -0.2) is 0 Å². The smallest absolute Gasteiger partial charge is 0.0489 e. The lowest BCUT2D eigenvalue weighted by Crippen LogP contribution is -1.84. The average molecular weight is 176 g/mol. The van der Waals surface area contributed by atoms with Gasteiger partial charge in [0.15, 0.2) is 0 Å². The molecule has 0 aliphatic rings. The van der Waals surface area contributed by atoms with Gasteiger partial charge in [-0.3, -0.25) is 4.98 Å². The Balaban J connectivity index is 2.87. The molecule has 0 radical (unpaired) electrons. The van der Waals surface area contributed by atoms with E-state index in [1.807, 2.05) is 6.07 Å². The molecule has 1 rings (SSSR count). The van der Waals surface area contributed by atoms with Crippen LogP contribution in [0.4, 0.5) is 0 Å². The molecule has 0 aromatic carbocycles. The van der Waals surface area contributed by atoms with Crippen LogP contribution in [0.2, 0.25) is 0 Å². The molecule has 0 fully saturated rings. The van der Waals surface area contributed by atoms with Gasteiger partial charge in [0.2, 0.25) is 0 Å². The standard InChI is InChI=1S/C7H7Cl2N/c8-2-6-1-7(3-9)5-10-4-6/h1,4-5H,2-3H2. The van der Waals surface area contributed by atoms with Gasteiger partial charge in [-0.1, -0.05) is 6.07 Å². The second-order valence-corrected chi connectivity index (χ2v) is 2.50. The summed E-state index contributed by atoms with van der Waals surface area (Å²) < 4.78 is 0. The van der Waals surface area contributed by atoms with Gasteiger partial charge in [0.05, 0.1) is 0 Å². The minimum Gasteiger partial charge on any atom is -0.264 e. The molecule has 0 unspecified atom stereocenters. The molecule has 0 atom stereocenters. The van der Waals surface area contributed by atoms with Gasteiger partial charge >= 0.3 is 0 Å². The predicted octanol–water partition coefficient (Wildman–Crippen LogP) is 2.56. The first-order valence-electron chi connectivity index (χ1n) is 2.91. The Morgan fingerprint density at radius 2 is 1.60 bits per heavy atom. The van der Waals surface area contributed by atoms with Gasteiger partial charge < -0.3 is 0 Å². The molecular weight excluding hydrogens is 169 g/mol. The summed E-state index contributed by atoms with van der Waals surface area (Å²) in [5.41, 5.74) is 2.03. The van der Waals surface area contributed by atoms with Crippen LogP contribution in [0, 0.1) is 0 Å². The molecule has 0 bridgehead atoms. The molecule has 0 saturated carbocycles. The van der Waals surface area contributed by atoms with Crippen LogP contribution in [0.3, 0.4) is 0 Å². The largest absolute Gasteiger partial charge is 0.264 e. The molecule has 0 saturated heterocycles. The highest BCUT2D eigenvalue weighted by molar-refractivity contribution is 6.17. The minimum atomic E-state index is 0.498. The third-order valence-corrected chi connectivity index (χ3v) is 1.78. The fourth-order valence-corrected chi connectivity index (χ4v) is 0.980. The van der Waals surface area contributed by atoms with E-state index in [9.17, 15) is 0 Å². The second kappa shape index (κ2) is 3.79. The van der Waals surface area contributed by atoms with E-state index in [0.29, 0.717) is 11.8 Å². The van der Waals surface area contributed by atoms with Crippen LogP contribution in [0.15, 0.2) is 18.5 Å². The summed E-state index contributed by atoms with van der Waals surface area (Å²) in [5.74, 6) is 0.995. The number of rotatable bonds is 2. The highest BCUT2D eigenvalue weighted by atomic mass is 35.5. The van der Waals surface area contributed by atoms with Crippen molar-refractivity contribution in [3.05, 3.63) is 29.6 Å². The van der Waals surface area contributed by atoms with Gasteiger partial charge in [0.25, 0.3) is 0 Å². The summed E-state index contributed by atoms with van der Waals surface area (Å²) in [6.07, 6.45) is 3.48. The third-order valence-electron chi connectivity index (χ3n) is 1.16. The predicted molar refractivity (Wildman–Crippen MR) is 43.4 cm³/mol. The molecule has 10 heavy (non-hydrogen) atoms. The van der Waals surface area contributed by atoms with Crippen molar-refractivity contribution >= 4 is 23.2 Å². The Morgan fingerprint density at radius 3 is 2.00 bits per heavy atom. The van der Waals surface area contributed by atoms with Gasteiger partial charge in [-0.05, 0) is 11.1 Å². The maximum absolute atomic E-state index is 5.57. The van der Waals surface area contributed by atoms with Crippen LogP contribution in [0.5, 0.6) is 0 Å². The lowest BCUT2D eigenvalue weighted by Gasteiger charge is -1.95. The van der Waals surface area contributed by atoms with E-state index < -0.39 is 0 Å². The monoisotopic (exact) mass is 175 g/mol. The van der Waals surface area contributed by atoms with Crippen molar-refractivity contribution < 1.29 is 0 Å². The molecule has 0 aliphatic carbocycles. The molecule has 1 aromatic heterocycles. The first-order valence-corrected chi connectivity index (χ1v) is 3.98. The Kier molecular flexibility index (Phi) is 2.97. The van der Waals surface area contributed by atoms with Crippen LogP contribution < -0.4 is 0 Å². The summed E-state index contributed by atoms with van der Waals surface area (Å²) in [5, 5.41) is 0. The molecule has 0 amide bonds. The molecule has 1 heterocycles. The molecular formula is C7H7Cl2N. The van der Waals surface area contributed by atoms with E-state index in [4.69, 9.17) is 23.2 Å². The first kappa shape index (κ1) is 7.83. The normalized spacial score (nSPS) is 9.80. The zero-order chi connectivity index (χ0) is 7.40. The number of alkyl halides is 2. The SMILES string of the molecule is ClCc1cncc(CCl)c1. The van der Waals surface area contributed by atoms with Crippen molar-refractivity contribution in [1.29, 1.82) is 0 Å². The number of pyridine rings is 1. The number of nitrogens with zero attached hydrogens (tertiary/aromatic N) is 1. The highest BCUT2D eigenvalue weighted by Gasteiger charge is 1.92. The fourth-order valence-electron chi connectivity index (χ4n) is 0.688. The van der Waals surface area contributed by atoms with E-state index in [1.54, 1.807) is 12.4 Å². The molecule has 3 heteroatoms. The Bertz CT molecular complexity index is 193. The molecule has 1 aromatic rings. The van der Waals surface area contributed by atoms with E-state index in [-0.39, 0.29) is 0 Å². The molecule has 0 N–H and O–H groups in total. The average Bonchev–Trinajstić information content (AvgIpc) is 2.05. The van der Waals surface area contributed by atoms with E-state index in [2.05, 4.69) is 4.98 Å². The maximum Gasteiger partial charge on any atom is 0.0489 e. The van der Waals surface area contributed by atoms with Crippen LogP contribution in [-0.2, 0) is 11.8 Å². The van der Waals surface area contributed by atoms with Crippen LogP contribution in [0.1, 0.15) is 11.1 Å². The van der Waals surface area contributed by atoms with Gasteiger partial charge in [-0.15, -0.1) is 23.2 Å². The highest BCUT2D eigenvalue weighted by Crippen LogP contribution is 2.07. The Hall–Kier alpha value is -0.270. The lowest BCUT2D eigenvalue weighted by atomic mass is 10.2. The van der Waals surface area contributed by atoms with E-state index >= 15 is 0 Å². The van der Waals surface area contributed by atoms with Crippen LogP contribution in [-0.4, -0.2) is 4.98 Å². The zero-order valence-corrected chi connectivity index (χ0v) is 6.86. The summed E-state index contributed by atoms with van der Waals surface area (Å²) in [4.78, 5) is 3.96. The van der Waals surface area contributed by atoms with Crippen molar-refractivity contribution in [2.75, 3.05) is 0 Å². The quantitative estimate of drug-likeness (QED) is 0.631. The summed E-state index contributed by atoms with van der Waals surface area (Å²) >= 11 is 11.1. The number of hydrogen-bond acceptors (Lipinski definition) is 1. The van der Waals surface area contributed by atoms with Gasteiger partial charge in [-0.2, -0.15) is 0 Å². The van der Waals surface area contributed by atoms with Crippen molar-refractivity contribution in [2.24, 2.45) is 0 Å². The maximum atomic E-state index is 5.57. The zero-order valence-electron chi connectivity index (χ0n) is 5.35. The van der Waals surface area contributed by atoms with Crippen LogP contribution >= 0.6 is 23.2 Å². The summed E-state index contributed by atoms with van der Waals surface area (Å²) in [6.45, 7) is 0. The molecule has 1 nitrogen and oxygen atoms in total. The number of halogens is 2. The topological polar surface area (TPSA) is 12.9 Å². The van der Waals surface area contributed by atoms with Crippen molar-refractivity contribution in [2.45, 2.75) is 11.8 Å². The van der Waals surface area contributed by atoms with Gasteiger partial charge in [0.1, 0.15) is 0 Å². The summed E-state index contributed by atoms with van der Waals surface area (Å²) in [7, 11) is 0. The lowest BCUT2D eigenvalue weighted by molar-refractivity contribution is 1.19. The van der Waals surface area contributed by atoms with Crippen molar-refractivity contribution in [3.63, 3.8) is 0 Å².